The summed E-state index contributed by atoms with van der Waals surface area (Å²) in [7, 11) is 0. The average molecular weight is 348 g/mol. The van der Waals surface area contributed by atoms with Crippen LogP contribution >= 0.6 is 0 Å². The van der Waals surface area contributed by atoms with Gasteiger partial charge in [0.1, 0.15) is 24.7 Å². The number of furan rings is 2. The molecule has 2 aromatic rings. The lowest BCUT2D eigenvalue weighted by molar-refractivity contribution is -0.145. The minimum Gasteiger partial charge on any atom is -0.457 e. The maximum atomic E-state index is 12.2. The molecule has 0 spiro atoms. The number of esters is 1. The first kappa shape index (κ1) is 18.7. The molecule has 0 aliphatic heterocycles. The van der Waals surface area contributed by atoms with Crippen molar-refractivity contribution in [3.63, 3.8) is 0 Å². The highest BCUT2D eigenvalue weighted by atomic mass is 16.5. The molecule has 2 aromatic heterocycles. The van der Waals surface area contributed by atoms with E-state index < -0.39 is 11.6 Å². The van der Waals surface area contributed by atoms with E-state index >= 15 is 0 Å². The van der Waals surface area contributed by atoms with E-state index in [2.05, 4.69) is 0 Å². The quantitative estimate of drug-likeness (QED) is 0.281. The van der Waals surface area contributed by atoms with E-state index in [1.807, 2.05) is 6.92 Å². The van der Waals surface area contributed by atoms with Gasteiger partial charge in [-0.2, -0.15) is 0 Å². The maximum absolute atomic E-state index is 12.2. The van der Waals surface area contributed by atoms with Gasteiger partial charge in [-0.05, 0) is 30.7 Å². The molecule has 2 rings (SSSR count). The molecule has 0 aliphatic carbocycles. The number of Topliss-reactive ketones (excluding diaryl/α,β-unsaturated/α-hetero) is 2. The van der Waals surface area contributed by atoms with E-state index in [0.717, 1.165) is 6.42 Å². The average Bonchev–Trinajstić information content (AvgIpc) is 3.28. The van der Waals surface area contributed by atoms with Crippen LogP contribution in [0, 0.1) is 0 Å². The van der Waals surface area contributed by atoms with Gasteiger partial charge in [0.15, 0.2) is 11.5 Å². The summed E-state index contributed by atoms with van der Waals surface area (Å²) in [6.45, 7) is 4.39. The third-order valence-corrected chi connectivity index (χ3v) is 3.23. The number of carbonyl (C=O) groups is 3. The highest BCUT2D eigenvalue weighted by Crippen LogP contribution is 2.15. The fourth-order valence-electron chi connectivity index (χ4n) is 1.95. The van der Waals surface area contributed by atoms with Gasteiger partial charge in [-0.15, -0.1) is 0 Å². The Morgan fingerprint density at radius 3 is 1.96 bits per heavy atom. The predicted octanol–water partition coefficient (Wildman–Crippen LogP) is 3.32. The zero-order valence-electron chi connectivity index (χ0n) is 14.2. The van der Waals surface area contributed by atoms with Crippen molar-refractivity contribution in [1.29, 1.82) is 0 Å². The number of carbonyl (C=O) groups excluding carboxylic acids is 3. The molecule has 0 unspecified atom stereocenters. The Kier molecular flexibility index (Phi) is 6.71. The van der Waals surface area contributed by atoms with E-state index in [9.17, 15) is 14.4 Å². The summed E-state index contributed by atoms with van der Waals surface area (Å²) in [5.74, 6) is -1.48. The van der Waals surface area contributed by atoms with Gasteiger partial charge in [-0.3, -0.25) is 14.4 Å². The highest BCUT2D eigenvalue weighted by molar-refractivity contribution is 6.47. The summed E-state index contributed by atoms with van der Waals surface area (Å²) < 4.78 is 20.8. The highest BCUT2D eigenvalue weighted by Gasteiger charge is 2.24. The molecule has 0 atom stereocenters. The third kappa shape index (κ3) is 5.15. The van der Waals surface area contributed by atoms with E-state index in [0.29, 0.717) is 12.4 Å². The summed E-state index contributed by atoms with van der Waals surface area (Å²) in [5, 5.41) is 0. The van der Waals surface area contributed by atoms with Crippen LogP contribution in [0.3, 0.4) is 0 Å². The lowest BCUT2D eigenvalue weighted by atomic mass is 10.2. The second kappa shape index (κ2) is 8.98. The number of hydrogen-bond donors (Lipinski definition) is 0. The summed E-state index contributed by atoms with van der Waals surface area (Å²) in [5.41, 5.74) is 0. The molecular formula is C18H20O7. The summed E-state index contributed by atoms with van der Waals surface area (Å²) in [6.07, 6.45) is 1.12. The minimum atomic E-state index is -0.830. The van der Waals surface area contributed by atoms with Crippen LogP contribution in [-0.2, 0) is 27.5 Å². The molecule has 0 aromatic carbocycles. The molecule has 0 amide bonds. The van der Waals surface area contributed by atoms with Gasteiger partial charge in [0.25, 0.3) is 11.6 Å². The van der Waals surface area contributed by atoms with Crippen molar-refractivity contribution in [2.75, 3.05) is 6.61 Å². The van der Waals surface area contributed by atoms with Crippen molar-refractivity contribution in [1.82, 2.24) is 0 Å². The first-order chi connectivity index (χ1) is 12.0. The first-order valence-electron chi connectivity index (χ1n) is 8.05. The topological polar surface area (TPSA) is 96.0 Å². The molecule has 0 aliphatic rings. The summed E-state index contributed by atoms with van der Waals surface area (Å²) in [6, 6.07) is 5.87. The van der Waals surface area contributed by atoms with Crippen molar-refractivity contribution in [3.05, 3.63) is 47.3 Å². The lowest BCUT2D eigenvalue weighted by Gasteiger charge is -2.00. The second-order valence-electron chi connectivity index (χ2n) is 5.26. The van der Waals surface area contributed by atoms with Crippen molar-refractivity contribution >= 4 is 17.5 Å². The second-order valence-corrected chi connectivity index (χ2v) is 5.26. The Hall–Kier alpha value is -2.67. The lowest BCUT2D eigenvalue weighted by Crippen LogP contribution is -2.13. The standard InChI is InChI=1S/C18H20O7/c1-3-9-22-10-12-5-7-14(24-12)17(20)18(21)15-8-6-13(25-15)11-23-16(19)4-2/h5-8H,3-4,9-11H2,1-2H3. The van der Waals surface area contributed by atoms with Crippen LogP contribution in [0.1, 0.15) is 59.3 Å². The molecule has 7 nitrogen and oxygen atoms in total. The normalized spacial score (nSPS) is 10.6. The number of hydrogen-bond acceptors (Lipinski definition) is 7. The van der Waals surface area contributed by atoms with Gasteiger partial charge in [0, 0.05) is 13.0 Å². The van der Waals surface area contributed by atoms with E-state index in [-0.39, 0.29) is 42.9 Å². The predicted molar refractivity (Wildman–Crippen MR) is 86.1 cm³/mol. The molecule has 0 N–H and O–H groups in total. The largest absolute Gasteiger partial charge is 0.457 e. The van der Waals surface area contributed by atoms with Crippen LogP contribution in [0.25, 0.3) is 0 Å². The molecule has 25 heavy (non-hydrogen) atoms. The van der Waals surface area contributed by atoms with Crippen LogP contribution < -0.4 is 0 Å². The van der Waals surface area contributed by atoms with E-state index in [1.165, 1.54) is 18.2 Å². The molecule has 134 valence electrons. The molecule has 0 saturated carbocycles. The summed E-state index contributed by atoms with van der Waals surface area (Å²) in [4.78, 5) is 35.5. The Morgan fingerprint density at radius 2 is 1.44 bits per heavy atom. The van der Waals surface area contributed by atoms with Gasteiger partial charge in [0.2, 0.25) is 0 Å². The molecule has 0 radical (unpaired) electrons. The number of ketones is 2. The molecule has 0 bridgehead atoms. The van der Waals surface area contributed by atoms with Gasteiger partial charge in [-0.25, -0.2) is 0 Å². The Balaban J connectivity index is 1.97. The number of rotatable bonds is 10. The molecule has 0 fully saturated rings. The first-order valence-corrected chi connectivity index (χ1v) is 8.05. The molecule has 2 heterocycles. The van der Waals surface area contributed by atoms with Crippen LogP contribution in [0.15, 0.2) is 33.1 Å². The van der Waals surface area contributed by atoms with E-state index in [1.54, 1.807) is 13.0 Å². The fourth-order valence-corrected chi connectivity index (χ4v) is 1.95. The minimum absolute atomic E-state index is 0.0736. The molecular weight excluding hydrogens is 328 g/mol. The molecule has 0 saturated heterocycles. The van der Waals surface area contributed by atoms with Crippen molar-refractivity contribution in [2.24, 2.45) is 0 Å². The smallest absolute Gasteiger partial charge is 0.305 e. The van der Waals surface area contributed by atoms with Crippen molar-refractivity contribution in [2.45, 2.75) is 39.9 Å². The molecule has 7 heteroatoms. The SMILES string of the molecule is CCCOCc1ccc(C(=O)C(=O)c2ccc(COC(=O)CC)o2)o1. The van der Waals surface area contributed by atoms with E-state index in [4.69, 9.17) is 18.3 Å². The van der Waals surface area contributed by atoms with Gasteiger partial charge in [0.05, 0.1) is 0 Å². The van der Waals surface area contributed by atoms with Gasteiger partial charge < -0.3 is 18.3 Å². The Morgan fingerprint density at radius 1 is 0.880 bits per heavy atom. The third-order valence-electron chi connectivity index (χ3n) is 3.23. The van der Waals surface area contributed by atoms with Crippen molar-refractivity contribution < 1.29 is 32.7 Å². The fraction of sp³-hybridized carbons (Fsp3) is 0.389. The number of ether oxygens (including phenoxy) is 2. The summed E-state index contributed by atoms with van der Waals surface area (Å²) >= 11 is 0. The van der Waals surface area contributed by atoms with Crippen molar-refractivity contribution in [3.8, 4) is 0 Å². The zero-order valence-corrected chi connectivity index (χ0v) is 14.2. The van der Waals surface area contributed by atoms with Gasteiger partial charge >= 0.3 is 5.97 Å². The van der Waals surface area contributed by atoms with Crippen LogP contribution in [0.4, 0.5) is 0 Å². The van der Waals surface area contributed by atoms with Crippen LogP contribution in [-0.4, -0.2) is 24.1 Å². The maximum Gasteiger partial charge on any atom is 0.305 e. The van der Waals surface area contributed by atoms with Gasteiger partial charge in [-0.1, -0.05) is 13.8 Å². The van der Waals surface area contributed by atoms with Crippen LogP contribution in [0.2, 0.25) is 0 Å². The Bertz CT molecular complexity index is 738. The Labute approximate surface area is 144 Å². The zero-order chi connectivity index (χ0) is 18.2. The monoisotopic (exact) mass is 348 g/mol. The van der Waals surface area contributed by atoms with Crippen LogP contribution in [0.5, 0.6) is 0 Å².